The Bertz CT molecular complexity index is 412. The first kappa shape index (κ1) is 26.6. The molecule has 1 saturated heterocycles. The average molecular weight is 443 g/mol. The molecule has 4 heteroatoms. The van der Waals surface area contributed by atoms with Crippen molar-refractivity contribution in [2.75, 3.05) is 0 Å². The molecule has 0 spiro atoms. The lowest BCUT2D eigenvalue weighted by Crippen LogP contribution is -2.78. The van der Waals surface area contributed by atoms with E-state index in [4.69, 9.17) is 4.43 Å². The monoisotopic (exact) mass is 442 g/mol. The van der Waals surface area contributed by atoms with Crippen molar-refractivity contribution in [1.29, 1.82) is 0 Å². The van der Waals surface area contributed by atoms with Crippen LogP contribution in [-0.4, -0.2) is 28.1 Å². The van der Waals surface area contributed by atoms with Gasteiger partial charge in [0.05, 0.1) is 12.7 Å². The van der Waals surface area contributed by atoms with Crippen molar-refractivity contribution in [3.8, 4) is 0 Å². The maximum Gasteiger partial charge on any atom is 0.172 e. The zero-order valence-corrected chi connectivity index (χ0v) is 24.0. The first-order valence-electron chi connectivity index (χ1n) is 12.7. The van der Waals surface area contributed by atoms with Gasteiger partial charge in [-0.2, -0.15) is 0 Å². The van der Waals surface area contributed by atoms with Gasteiger partial charge in [-0.3, -0.25) is 0 Å². The van der Waals surface area contributed by atoms with Crippen LogP contribution in [0.4, 0.5) is 0 Å². The van der Waals surface area contributed by atoms with E-state index in [1.165, 1.54) is 95.9 Å². The minimum Gasteiger partial charge on any atom is -0.415 e. The minimum atomic E-state index is -1.49. The lowest BCUT2D eigenvalue weighted by molar-refractivity contribution is 0.0877. The molecule has 0 aromatic heterocycles. The molecule has 0 saturated carbocycles. The Morgan fingerprint density at radius 2 is 1.04 bits per heavy atom. The van der Waals surface area contributed by atoms with E-state index in [2.05, 4.69) is 53.1 Å². The molecule has 0 aromatic rings. The first-order chi connectivity index (χ1) is 13.0. The molecular formula is C24H54OSi3. The molecule has 1 fully saturated rings. The summed E-state index contributed by atoms with van der Waals surface area (Å²) in [5, 5.41) is 0. The minimum absolute atomic E-state index is 0.200. The van der Waals surface area contributed by atoms with Crippen molar-refractivity contribution >= 4 is 22.5 Å². The van der Waals surface area contributed by atoms with E-state index in [1.807, 2.05) is 0 Å². The van der Waals surface area contributed by atoms with Gasteiger partial charge in [0.1, 0.15) is 0 Å². The maximum atomic E-state index is 6.95. The highest BCUT2D eigenvalue weighted by Gasteiger charge is 2.61. The van der Waals surface area contributed by atoms with Crippen molar-refractivity contribution in [1.82, 2.24) is 0 Å². The second kappa shape index (κ2) is 11.9. The Morgan fingerprint density at radius 1 is 0.643 bits per heavy atom. The Hall–Kier alpha value is 0.611. The van der Waals surface area contributed by atoms with Crippen LogP contribution in [0, 0.1) is 0 Å². The van der Waals surface area contributed by atoms with Gasteiger partial charge in [0.15, 0.2) is 7.83 Å². The van der Waals surface area contributed by atoms with Crippen LogP contribution < -0.4 is 0 Å². The molecule has 0 aliphatic carbocycles. The van der Waals surface area contributed by atoms with E-state index in [1.54, 1.807) is 0 Å². The quantitative estimate of drug-likeness (QED) is 0.192. The summed E-state index contributed by atoms with van der Waals surface area (Å²) in [6, 6.07) is 1.41. The van der Waals surface area contributed by atoms with E-state index in [-0.39, 0.29) is 5.60 Å². The maximum absolute atomic E-state index is 6.95. The molecule has 1 atom stereocenters. The lowest BCUT2D eigenvalue weighted by atomic mass is 9.99. The van der Waals surface area contributed by atoms with E-state index in [9.17, 15) is 0 Å². The fourth-order valence-corrected chi connectivity index (χ4v) is 36.2. The van der Waals surface area contributed by atoms with Crippen molar-refractivity contribution < 1.29 is 4.43 Å². The zero-order chi connectivity index (χ0) is 21.3. The second-order valence-electron chi connectivity index (χ2n) is 11.7. The molecule has 168 valence electrons. The summed E-state index contributed by atoms with van der Waals surface area (Å²) in [5.74, 6) is 0. The van der Waals surface area contributed by atoms with Gasteiger partial charge in [0.2, 0.25) is 0 Å². The van der Waals surface area contributed by atoms with Gasteiger partial charge in [-0.1, -0.05) is 117 Å². The molecule has 0 amide bonds. The van der Waals surface area contributed by atoms with Crippen LogP contribution in [0.25, 0.3) is 0 Å². The van der Waals surface area contributed by atoms with Gasteiger partial charge in [0, 0.05) is 7.59 Å². The summed E-state index contributed by atoms with van der Waals surface area (Å²) in [6.07, 6.45) is 20.1. The Kier molecular flexibility index (Phi) is 11.3. The fourth-order valence-electron chi connectivity index (χ4n) is 5.41. The van der Waals surface area contributed by atoms with Crippen LogP contribution in [0.5, 0.6) is 0 Å². The topological polar surface area (TPSA) is 9.23 Å². The first-order valence-corrected chi connectivity index (χ1v) is 23.8. The molecule has 1 aliphatic heterocycles. The summed E-state index contributed by atoms with van der Waals surface area (Å²) in [6.45, 7) is 20.5. The molecule has 0 N–H and O–H groups in total. The molecule has 1 rings (SSSR count). The van der Waals surface area contributed by atoms with Crippen molar-refractivity contribution in [3.63, 3.8) is 0 Å². The highest BCUT2D eigenvalue weighted by molar-refractivity contribution is 7.67. The molecule has 0 bridgehead atoms. The van der Waals surface area contributed by atoms with Gasteiger partial charge in [-0.25, -0.2) is 0 Å². The van der Waals surface area contributed by atoms with E-state index in [0.29, 0.717) is 0 Å². The van der Waals surface area contributed by atoms with Crippen LogP contribution in [0.2, 0.25) is 45.3 Å². The highest BCUT2D eigenvalue weighted by Crippen LogP contribution is 2.45. The smallest absolute Gasteiger partial charge is 0.172 e. The van der Waals surface area contributed by atoms with E-state index >= 15 is 0 Å². The second-order valence-corrected chi connectivity index (χ2v) is 39.0. The largest absolute Gasteiger partial charge is 0.415 e. The van der Waals surface area contributed by atoms with Gasteiger partial charge >= 0.3 is 0 Å². The standard InChI is InChI=1S/C24H54OSi3/c1-9-10-11-12-13-14-15-16-17-18-19-20-21-22-24(2)23-26(3,4)28(7,8)27(5,6)25-24/h9-23H2,1-8H3. The SMILES string of the molecule is CCCCCCCCCCCCCCCC1(C)C[Si](C)(C)[Si](C)(C)[Si](C)(C)O1. The molecule has 1 nitrogen and oxygen atoms in total. The van der Waals surface area contributed by atoms with Crippen LogP contribution >= 0.6 is 0 Å². The molecular weight excluding hydrogens is 389 g/mol. The molecule has 0 radical (unpaired) electrons. The van der Waals surface area contributed by atoms with Gasteiger partial charge in [-0.15, -0.1) is 0 Å². The highest BCUT2D eigenvalue weighted by atomic mass is 29.6. The predicted molar refractivity (Wildman–Crippen MR) is 137 cm³/mol. The Labute approximate surface area is 181 Å². The van der Waals surface area contributed by atoms with Crippen molar-refractivity contribution in [3.05, 3.63) is 0 Å². The number of rotatable bonds is 14. The van der Waals surface area contributed by atoms with Gasteiger partial charge in [0.25, 0.3) is 0 Å². The van der Waals surface area contributed by atoms with Gasteiger partial charge < -0.3 is 4.43 Å². The third kappa shape index (κ3) is 8.03. The van der Waals surface area contributed by atoms with Crippen LogP contribution in [-0.2, 0) is 4.43 Å². The van der Waals surface area contributed by atoms with Crippen molar-refractivity contribution in [2.24, 2.45) is 0 Å². The summed E-state index contributed by atoms with van der Waals surface area (Å²) in [5.41, 5.74) is 0.200. The third-order valence-corrected chi connectivity index (χ3v) is 48.9. The zero-order valence-electron chi connectivity index (χ0n) is 21.0. The van der Waals surface area contributed by atoms with Gasteiger partial charge in [-0.05, 0) is 32.5 Å². The Morgan fingerprint density at radius 3 is 1.43 bits per heavy atom. The predicted octanol–water partition coefficient (Wildman–Crippen LogP) is 9.04. The van der Waals surface area contributed by atoms with Crippen molar-refractivity contribution in [2.45, 2.75) is 155 Å². The lowest BCUT2D eigenvalue weighted by Gasteiger charge is -2.58. The number of hydrogen-bond acceptors (Lipinski definition) is 1. The summed E-state index contributed by atoms with van der Waals surface area (Å²) in [4.78, 5) is 0. The van der Waals surface area contributed by atoms with Crippen LogP contribution in [0.1, 0.15) is 104 Å². The molecule has 1 aliphatic rings. The molecule has 0 aromatic carbocycles. The summed E-state index contributed by atoms with van der Waals surface area (Å²) >= 11 is 0. The summed E-state index contributed by atoms with van der Waals surface area (Å²) < 4.78 is 6.95. The normalized spacial score (nSPS) is 25.7. The number of hydrogen-bond donors (Lipinski definition) is 0. The molecule has 28 heavy (non-hydrogen) atoms. The number of unbranched alkanes of at least 4 members (excludes halogenated alkanes) is 12. The van der Waals surface area contributed by atoms with Crippen LogP contribution in [0.15, 0.2) is 0 Å². The van der Waals surface area contributed by atoms with E-state index < -0.39 is 22.5 Å². The van der Waals surface area contributed by atoms with E-state index in [0.717, 1.165) is 0 Å². The Balaban J connectivity index is 2.13. The molecule has 1 heterocycles. The fraction of sp³-hybridized carbons (Fsp3) is 1.00. The third-order valence-electron chi connectivity index (χ3n) is 8.32. The average Bonchev–Trinajstić information content (AvgIpc) is 2.56. The molecule has 1 unspecified atom stereocenters. The summed E-state index contributed by atoms with van der Waals surface area (Å²) in [7, 11) is -3.78. The van der Waals surface area contributed by atoms with Crippen LogP contribution in [0.3, 0.4) is 0 Å².